The zero-order valence-corrected chi connectivity index (χ0v) is 28.2. The Hall–Kier alpha value is -0.00857. The SMILES string of the molecule is CC(/C=C(/C)[N-]C(C)(C)C)=[NH+]C(C)(C)C.CC(/C=C(/C)[N-]C(C)(C)C)=[NH+]C(C)(C)C.[Ba+2]. The summed E-state index contributed by atoms with van der Waals surface area (Å²) in [7, 11) is 0. The number of hydrogen-bond acceptors (Lipinski definition) is 0. The van der Waals surface area contributed by atoms with Crippen LogP contribution >= 0.6 is 0 Å². The number of nitrogens with one attached hydrogen (secondary N) is 2. The Morgan fingerprint density at radius 3 is 0.903 bits per heavy atom. The van der Waals surface area contributed by atoms with Crippen LogP contribution in [0.15, 0.2) is 23.5 Å². The average Bonchev–Trinajstić information content (AvgIpc) is 2.27. The maximum Gasteiger partial charge on any atom is 2.00 e. The van der Waals surface area contributed by atoms with Gasteiger partial charge in [0, 0.05) is 13.8 Å². The molecule has 0 bridgehead atoms. The smallest absolute Gasteiger partial charge is 0.683 e. The average molecular weight is 558 g/mol. The second kappa shape index (κ2) is 14.3. The zero-order chi connectivity index (χ0) is 24.6. The van der Waals surface area contributed by atoms with E-state index in [0.717, 1.165) is 22.8 Å². The molecule has 0 saturated carbocycles. The van der Waals surface area contributed by atoms with Crippen LogP contribution in [-0.2, 0) is 0 Å². The van der Waals surface area contributed by atoms with Gasteiger partial charge in [0.2, 0.25) is 0 Å². The summed E-state index contributed by atoms with van der Waals surface area (Å²) >= 11 is 0. The van der Waals surface area contributed by atoms with Crippen LogP contribution in [0.1, 0.15) is 111 Å². The van der Waals surface area contributed by atoms with Gasteiger partial charge in [-0.2, -0.15) is 11.4 Å². The maximum absolute atomic E-state index is 4.58. The van der Waals surface area contributed by atoms with Gasteiger partial charge in [0.25, 0.3) is 0 Å². The Bertz CT molecular complexity index is 583. The summed E-state index contributed by atoms with van der Waals surface area (Å²) in [5.74, 6) is 0. The minimum absolute atomic E-state index is 0. The van der Waals surface area contributed by atoms with Crippen molar-refractivity contribution in [3.8, 4) is 0 Å². The van der Waals surface area contributed by atoms with Crippen LogP contribution in [0.5, 0.6) is 0 Å². The van der Waals surface area contributed by atoms with E-state index < -0.39 is 0 Å². The third-order valence-corrected chi connectivity index (χ3v) is 3.02. The number of nitrogens with zero attached hydrogens (tertiary/aromatic N) is 2. The molecule has 0 aromatic rings. The summed E-state index contributed by atoms with van der Waals surface area (Å²) in [5, 5.41) is 9.16. The molecule has 0 rings (SSSR count). The second-order valence-corrected chi connectivity index (χ2v) is 12.3. The molecular formula is C26H52BaN4+2. The van der Waals surface area contributed by atoms with Crippen LogP contribution < -0.4 is 9.98 Å². The van der Waals surface area contributed by atoms with E-state index in [4.69, 9.17) is 0 Å². The van der Waals surface area contributed by atoms with Crippen LogP contribution in [-0.4, -0.2) is 82.5 Å². The Labute approximate surface area is 235 Å². The van der Waals surface area contributed by atoms with E-state index in [-0.39, 0.29) is 71.0 Å². The van der Waals surface area contributed by atoms with E-state index in [9.17, 15) is 0 Å². The summed E-state index contributed by atoms with van der Waals surface area (Å²) < 4.78 is 0. The molecule has 0 amide bonds. The van der Waals surface area contributed by atoms with E-state index in [1.165, 1.54) is 0 Å². The maximum atomic E-state index is 4.58. The van der Waals surface area contributed by atoms with E-state index in [1.54, 1.807) is 0 Å². The number of rotatable bonds is 4. The van der Waals surface area contributed by atoms with Crippen LogP contribution in [0.2, 0.25) is 0 Å². The topological polar surface area (TPSA) is 56.1 Å². The normalized spacial score (nSPS) is 15.0. The molecule has 0 heterocycles. The first kappa shape index (κ1) is 35.6. The van der Waals surface area contributed by atoms with Crippen molar-refractivity contribution >= 4 is 60.3 Å². The van der Waals surface area contributed by atoms with Gasteiger partial charge < -0.3 is 10.6 Å². The van der Waals surface area contributed by atoms with Crippen molar-refractivity contribution in [1.82, 2.24) is 0 Å². The Morgan fingerprint density at radius 2 is 0.742 bits per heavy atom. The molecule has 0 aliphatic rings. The van der Waals surface area contributed by atoms with Gasteiger partial charge in [0.05, 0.1) is 0 Å². The van der Waals surface area contributed by atoms with Crippen molar-refractivity contribution in [2.45, 2.75) is 133 Å². The molecule has 0 saturated heterocycles. The van der Waals surface area contributed by atoms with Gasteiger partial charge in [-0.15, -0.1) is 11.1 Å². The second-order valence-electron chi connectivity index (χ2n) is 12.3. The number of allylic oxidation sites excluding steroid dienone is 4. The monoisotopic (exact) mass is 558 g/mol. The largest absolute Gasteiger partial charge is 2.00 e. The minimum atomic E-state index is 0. The molecule has 0 aliphatic carbocycles. The molecule has 176 valence electrons. The molecule has 0 atom stereocenters. The number of hydrogen-bond donors (Lipinski definition) is 2. The molecule has 5 heteroatoms. The molecule has 0 aliphatic heterocycles. The minimum Gasteiger partial charge on any atom is -0.683 e. The van der Waals surface area contributed by atoms with E-state index >= 15 is 0 Å². The van der Waals surface area contributed by atoms with Crippen molar-refractivity contribution in [2.24, 2.45) is 0 Å². The van der Waals surface area contributed by atoms with E-state index in [2.05, 4.69) is 130 Å². The fourth-order valence-electron chi connectivity index (χ4n) is 3.00. The fourth-order valence-corrected chi connectivity index (χ4v) is 3.00. The van der Waals surface area contributed by atoms with Gasteiger partial charge in [-0.3, -0.25) is 0 Å². The molecule has 0 unspecified atom stereocenters. The van der Waals surface area contributed by atoms with Crippen molar-refractivity contribution in [3.63, 3.8) is 0 Å². The predicted octanol–water partition coefficient (Wildman–Crippen LogP) is 4.42. The van der Waals surface area contributed by atoms with Crippen LogP contribution in [0, 0.1) is 0 Å². The Morgan fingerprint density at radius 1 is 0.516 bits per heavy atom. The summed E-state index contributed by atoms with van der Waals surface area (Å²) in [6, 6.07) is 0. The zero-order valence-electron chi connectivity index (χ0n) is 23.8. The quantitative estimate of drug-likeness (QED) is 0.380. The first-order valence-corrected chi connectivity index (χ1v) is 11.0. The summed E-state index contributed by atoms with van der Waals surface area (Å²) in [5.41, 5.74) is 4.69. The molecular weight excluding hydrogens is 506 g/mol. The third-order valence-electron chi connectivity index (χ3n) is 3.02. The van der Waals surface area contributed by atoms with Gasteiger partial charge in [0.1, 0.15) is 0 Å². The van der Waals surface area contributed by atoms with Crippen LogP contribution in [0.4, 0.5) is 0 Å². The predicted molar refractivity (Wildman–Crippen MR) is 142 cm³/mol. The first-order valence-electron chi connectivity index (χ1n) is 11.0. The Kier molecular flexibility index (Phi) is 16.4. The van der Waals surface area contributed by atoms with Gasteiger partial charge in [-0.25, -0.2) is 9.98 Å². The summed E-state index contributed by atoms with van der Waals surface area (Å²) in [6.45, 7) is 33.8. The molecule has 0 spiro atoms. The third kappa shape index (κ3) is 30.0. The van der Waals surface area contributed by atoms with E-state index in [1.807, 2.05) is 13.8 Å². The molecule has 2 N–H and O–H groups in total. The molecule has 0 fully saturated rings. The van der Waals surface area contributed by atoms with Crippen molar-refractivity contribution < 1.29 is 9.98 Å². The van der Waals surface area contributed by atoms with Crippen molar-refractivity contribution in [1.29, 1.82) is 0 Å². The Balaban J connectivity index is -0.000000490. The van der Waals surface area contributed by atoms with Crippen LogP contribution in [0.3, 0.4) is 0 Å². The molecule has 0 radical (unpaired) electrons. The van der Waals surface area contributed by atoms with Crippen LogP contribution in [0.25, 0.3) is 10.6 Å². The van der Waals surface area contributed by atoms with E-state index in [0.29, 0.717) is 0 Å². The molecule has 4 nitrogen and oxygen atoms in total. The van der Waals surface area contributed by atoms with Crippen molar-refractivity contribution in [2.75, 3.05) is 0 Å². The van der Waals surface area contributed by atoms with Gasteiger partial charge in [0.15, 0.2) is 22.5 Å². The standard InChI is InChI=1S/2C13H25N2.Ba/c2*1-10(14-12(3,4)5)9-11(2)15-13(6,7)8;/h2*9H,1-8H3;/q2*-1;+2/p+2/b2*10-9-,15-11?;. The fraction of sp³-hybridized carbons (Fsp3) is 0.769. The summed E-state index contributed by atoms with van der Waals surface area (Å²) in [4.78, 5) is 6.83. The van der Waals surface area contributed by atoms with Crippen molar-refractivity contribution in [3.05, 3.63) is 34.2 Å². The van der Waals surface area contributed by atoms with Gasteiger partial charge >= 0.3 is 48.9 Å². The summed E-state index contributed by atoms with van der Waals surface area (Å²) in [6.07, 6.45) is 4.19. The first-order chi connectivity index (χ1) is 13.0. The molecule has 0 aromatic heterocycles. The molecule has 31 heavy (non-hydrogen) atoms. The van der Waals surface area contributed by atoms with Gasteiger partial charge in [-0.05, 0) is 53.7 Å². The van der Waals surface area contributed by atoms with Gasteiger partial charge in [-0.1, -0.05) is 55.4 Å². The molecule has 0 aromatic carbocycles.